The fourth-order valence-corrected chi connectivity index (χ4v) is 4.81. The molecule has 0 unspecified atom stereocenters. The lowest BCUT2D eigenvalue weighted by molar-refractivity contribution is 0.0696. The van der Waals surface area contributed by atoms with E-state index >= 15 is 0 Å². The van der Waals surface area contributed by atoms with Crippen LogP contribution in [-0.2, 0) is 0 Å². The van der Waals surface area contributed by atoms with Crippen LogP contribution in [0.2, 0.25) is 0 Å². The van der Waals surface area contributed by atoms with Crippen molar-refractivity contribution in [3.05, 3.63) is 71.4 Å². The van der Waals surface area contributed by atoms with Crippen molar-refractivity contribution in [1.82, 2.24) is 24.9 Å². The Labute approximate surface area is 203 Å². The highest BCUT2D eigenvalue weighted by atomic mass is 19.1. The van der Waals surface area contributed by atoms with Gasteiger partial charge in [-0.3, -0.25) is 4.79 Å². The van der Waals surface area contributed by atoms with Crippen LogP contribution in [0.25, 0.3) is 28.5 Å². The van der Waals surface area contributed by atoms with Crippen molar-refractivity contribution in [1.29, 1.82) is 0 Å². The molecule has 35 heavy (non-hydrogen) atoms. The molecule has 1 saturated carbocycles. The summed E-state index contributed by atoms with van der Waals surface area (Å²) in [6.07, 6.45) is 5.72. The van der Waals surface area contributed by atoms with Gasteiger partial charge in [-0.15, -0.1) is 10.2 Å². The summed E-state index contributed by atoms with van der Waals surface area (Å²) in [6, 6.07) is 14.0. The highest BCUT2D eigenvalue weighted by Gasteiger charge is 2.24. The predicted octanol–water partition coefficient (Wildman–Crippen LogP) is 5.75. The highest BCUT2D eigenvalue weighted by molar-refractivity contribution is 5.94. The molecule has 0 aliphatic heterocycles. The van der Waals surface area contributed by atoms with Crippen molar-refractivity contribution >= 4 is 5.91 Å². The smallest absolute Gasteiger partial charge is 0.268 e. The number of hydrogen-bond acceptors (Lipinski definition) is 5. The van der Waals surface area contributed by atoms with Gasteiger partial charge in [-0.05, 0) is 68.3 Å². The molecule has 0 bridgehead atoms. The van der Waals surface area contributed by atoms with Crippen LogP contribution in [0.3, 0.4) is 0 Å². The Morgan fingerprint density at radius 3 is 2.31 bits per heavy atom. The van der Waals surface area contributed by atoms with E-state index < -0.39 is 0 Å². The number of nitrogens with zero attached hydrogens (tertiary/aromatic N) is 5. The first-order chi connectivity index (χ1) is 16.9. The fraction of sp³-hybridized carbons (Fsp3) is 0.333. The zero-order valence-corrected chi connectivity index (χ0v) is 20.2. The summed E-state index contributed by atoms with van der Waals surface area (Å²) in [6.45, 7) is 3.65. The first-order valence-electron chi connectivity index (χ1n) is 12.0. The van der Waals surface area contributed by atoms with Gasteiger partial charge in [0.25, 0.3) is 11.8 Å². The second-order valence-electron chi connectivity index (χ2n) is 9.12. The Hall–Kier alpha value is -3.81. The molecular formula is C27H28FN5O2. The number of hydrogen-bond donors (Lipinski definition) is 0. The van der Waals surface area contributed by atoms with E-state index in [2.05, 4.69) is 10.2 Å². The number of carbonyl (C=O) groups excluding carboxylic acids is 1. The molecule has 5 rings (SSSR count). The normalized spacial score (nSPS) is 14.3. The van der Waals surface area contributed by atoms with Gasteiger partial charge in [0.2, 0.25) is 5.89 Å². The zero-order valence-electron chi connectivity index (χ0n) is 20.2. The molecule has 1 aliphatic carbocycles. The van der Waals surface area contributed by atoms with E-state index in [0.29, 0.717) is 29.1 Å². The maximum absolute atomic E-state index is 13.6. The third-order valence-corrected chi connectivity index (χ3v) is 6.77. The van der Waals surface area contributed by atoms with Crippen LogP contribution in [0.1, 0.15) is 53.9 Å². The van der Waals surface area contributed by atoms with Crippen LogP contribution in [0, 0.1) is 19.7 Å². The second kappa shape index (κ2) is 9.44. The average molecular weight is 474 g/mol. The Morgan fingerprint density at radius 2 is 1.69 bits per heavy atom. The van der Waals surface area contributed by atoms with Crippen molar-refractivity contribution < 1.29 is 13.6 Å². The van der Waals surface area contributed by atoms with Crippen LogP contribution in [0.15, 0.2) is 52.9 Å². The van der Waals surface area contributed by atoms with Gasteiger partial charge < -0.3 is 9.32 Å². The van der Waals surface area contributed by atoms with Gasteiger partial charge >= 0.3 is 0 Å². The summed E-state index contributed by atoms with van der Waals surface area (Å²) < 4.78 is 21.0. The molecule has 1 aliphatic rings. The topological polar surface area (TPSA) is 77.1 Å². The zero-order chi connectivity index (χ0) is 24.5. The van der Waals surface area contributed by atoms with Crippen molar-refractivity contribution in [3.63, 3.8) is 0 Å². The maximum atomic E-state index is 13.6. The van der Waals surface area contributed by atoms with Crippen molar-refractivity contribution in [2.24, 2.45) is 0 Å². The van der Waals surface area contributed by atoms with Gasteiger partial charge in [0.15, 0.2) is 5.69 Å². The van der Waals surface area contributed by atoms with Crippen LogP contribution in [-0.4, -0.2) is 43.9 Å². The van der Waals surface area contributed by atoms with E-state index in [1.165, 1.54) is 31.4 Å². The van der Waals surface area contributed by atoms with Gasteiger partial charge in [-0.2, -0.15) is 5.10 Å². The first kappa shape index (κ1) is 23.0. The summed E-state index contributed by atoms with van der Waals surface area (Å²) >= 11 is 0. The van der Waals surface area contributed by atoms with E-state index in [4.69, 9.17) is 9.52 Å². The second-order valence-corrected chi connectivity index (χ2v) is 9.12. The standard InChI is InChI=1S/C27H28FN5O2/c1-17-24(26-30-29-18(2)35-26)31-33(25(17)19-9-13-21(28)14-10-19)23-15-11-20(12-16-23)27(34)32(3)22-7-5-4-6-8-22/h9-16,22H,4-8H2,1-3H3. The Kier molecular flexibility index (Phi) is 6.19. The fourth-order valence-electron chi connectivity index (χ4n) is 4.81. The van der Waals surface area contributed by atoms with Crippen LogP contribution < -0.4 is 0 Å². The average Bonchev–Trinajstić information content (AvgIpc) is 3.47. The molecule has 0 N–H and O–H groups in total. The SMILES string of the molecule is Cc1nnc(-c2nn(-c3ccc(C(=O)N(C)C4CCCCC4)cc3)c(-c3ccc(F)cc3)c2C)o1. The number of rotatable bonds is 5. The Bertz CT molecular complexity index is 1340. The molecule has 0 atom stereocenters. The molecule has 8 heteroatoms. The van der Waals surface area contributed by atoms with Gasteiger partial charge in [0.1, 0.15) is 5.82 Å². The first-order valence-corrected chi connectivity index (χ1v) is 12.0. The van der Waals surface area contributed by atoms with Crippen molar-refractivity contribution in [2.75, 3.05) is 7.05 Å². The van der Waals surface area contributed by atoms with E-state index in [9.17, 15) is 9.18 Å². The monoisotopic (exact) mass is 473 g/mol. The lowest BCUT2D eigenvalue weighted by atomic mass is 9.94. The number of amides is 1. The highest BCUT2D eigenvalue weighted by Crippen LogP contribution is 2.33. The molecule has 0 saturated heterocycles. The Balaban J connectivity index is 1.52. The van der Waals surface area contributed by atoms with E-state index in [0.717, 1.165) is 35.3 Å². The number of benzene rings is 2. The third kappa shape index (κ3) is 4.48. The van der Waals surface area contributed by atoms with E-state index in [1.807, 2.05) is 43.1 Å². The summed E-state index contributed by atoms with van der Waals surface area (Å²) in [7, 11) is 1.90. The summed E-state index contributed by atoms with van der Waals surface area (Å²) in [5.74, 6) is 0.487. The quantitative estimate of drug-likeness (QED) is 0.369. The largest absolute Gasteiger partial charge is 0.420 e. The minimum Gasteiger partial charge on any atom is -0.420 e. The van der Waals surface area contributed by atoms with Crippen molar-refractivity contribution in [2.45, 2.75) is 52.0 Å². The minimum absolute atomic E-state index is 0.0286. The number of aryl methyl sites for hydroxylation is 1. The van der Waals surface area contributed by atoms with Gasteiger partial charge in [-0.1, -0.05) is 19.3 Å². The summed E-state index contributed by atoms with van der Waals surface area (Å²) in [5, 5.41) is 12.8. The lowest BCUT2D eigenvalue weighted by Crippen LogP contribution is -2.38. The number of aromatic nitrogens is 4. The molecule has 1 amide bonds. The maximum Gasteiger partial charge on any atom is 0.268 e. The number of halogens is 1. The predicted molar refractivity (Wildman–Crippen MR) is 131 cm³/mol. The summed E-state index contributed by atoms with van der Waals surface area (Å²) in [5.41, 5.74) is 4.39. The molecule has 0 radical (unpaired) electrons. The van der Waals surface area contributed by atoms with E-state index in [1.54, 1.807) is 23.7 Å². The Morgan fingerprint density at radius 1 is 1.00 bits per heavy atom. The number of carbonyl (C=O) groups is 1. The van der Waals surface area contributed by atoms with Crippen LogP contribution in [0.5, 0.6) is 0 Å². The third-order valence-electron chi connectivity index (χ3n) is 6.77. The van der Waals surface area contributed by atoms with Gasteiger partial charge in [0.05, 0.1) is 11.4 Å². The molecule has 180 valence electrons. The lowest BCUT2D eigenvalue weighted by Gasteiger charge is -2.31. The minimum atomic E-state index is -0.310. The molecule has 7 nitrogen and oxygen atoms in total. The van der Waals surface area contributed by atoms with E-state index in [-0.39, 0.29) is 11.7 Å². The van der Waals surface area contributed by atoms with Gasteiger partial charge in [0, 0.05) is 36.7 Å². The van der Waals surface area contributed by atoms with Crippen LogP contribution >= 0.6 is 0 Å². The molecule has 1 fully saturated rings. The molecule has 2 heterocycles. The van der Waals surface area contributed by atoms with Crippen molar-refractivity contribution in [3.8, 4) is 28.5 Å². The molecule has 4 aromatic rings. The molecule has 2 aromatic carbocycles. The van der Waals surface area contributed by atoms with Crippen LogP contribution in [0.4, 0.5) is 4.39 Å². The van der Waals surface area contributed by atoms with Gasteiger partial charge in [-0.25, -0.2) is 9.07 Å². The molecule has 0 spiro atoms. The molecule has 2 aromatic heterocycles. The summed E-state index contributed by atoms with van der Waals surface area (Å²) in [4.78, 5) is 15.0. The molecular weight excluding hydrogens is 445 g/mol.